The van der Waals surface area contributed by atoms with E-state index in [0.717, 1.165) is 11.8 Å². The van der Waals surface area contributed by atoms with Gasteiger partial charge in [-0.1, -0.05) is 29.8 Å². The summed E-state index contributed by atoms with van der Waals surface area (Å²) in [7, 11) is -4.00. The minimum atomic E-state index is -4.00. The average Bonchev–Trinajstić information content (AvgIpc) is 3.16. The molecule has 1 heterocycles. The SMILES string of the molecule is Cc1c(Cl)cc(S(=O)(=O)NCc2ccccc2-n2ccnc2)cc1[N+](=O)[O-]. The lowest BCUT2D eigenvalue weighted by molar-refractivity contribution is -0.385. The first-order valence-electron chi connectivity index (χ1n) is 7.80. The maximum Gasteiger partial charge on any atom is 0.275 e. The minimum absolute atomic E-state index is 0.00399. The molecular weight excluding hydrogens is 392 g/mol. The number of para-hydroxylation sites is 1. The van der Waals surface area contributed by atoms with Crippen LogP contribution >= 0.6 is 11.6 Å². The number of sulfonamides is 1. The number of halogens is 1. The predicted molar refractivity (Wildman–Crippen MR) is 100 cm³/mol. The monoisotopic (exact) mass is 406 g/mol. The van der Waals surface area contributed by atoms with E-state index in [-0.39, 0.29) is 27.7 Å². The van der Waals surface area contributed by atoms with Crippen LogP contribution in [-0.4, -0.2) is 22.9 Å². The lowest BCUT2D eigenvalue weighted by atomic mass is 10.2. The molecule has 3 aromatic rings. The molecule has 0 amide bonds. The summed E-state index contributed by atoms with van der Waals surface area (Å²) in [5, 5.41) is 11.1. The molecule has 1 aromatic heterocycles. The van der Waals surface area contributed by atoms with E-state index in [0.29, 0.717) is 5.56 Å². The molecule has 0 aliphatic heterocycles. The van der Waals surface area contributed by atoms with Crippen LogP contribution in [0.1, 0.15) is 11.1 Å². The largest absolute Gasteiger partial charge is 0.306 e. The Bertz CT molecular complexity index is 1100. The molecule has 0 aliphatic carbocycles. The predicted octanol–water partition coefficient (Wildman–Crippen LogP) is 3.22. The number of aromatic nitrogens is 2. The molecule has 0 radical (unpaired) electrons. The summed E-state index contributed by atoms with van der Waals surface area (Å²) in [6.45, 7) is 1.46. The topological polar surface area (TPSA) is 107 Å². The van der Waals surface area contributed by atoms with Crippen LogP contribution in [-0.2, 0) is 16.6 Å². The number of imidazole rings is 1. The summed E-state index contributed by atoms with van der Waals surface area (Å²) in [5.74, 6) is 0. The Balaban J connectivity index is 1.90. The highest BCUT2D eigenvalue weighted by atomic mass is 35.5. The highest BCUT2D eigenvalue weighted by Gasteiger charge is 2.22. The summed E-state index contributed by atoms with van der Waals surface area (Å²) in [6.07, 6.45) is 4.97. The molecule has 0 aliphatic rings. The summed E-state index contributed by atoms with van der Waals surface area (Å²) < 4.78 is 29.5. The molecule has 2 aromatic carbocycles. The van der Waals surface area contributed by atoms with Gasteiger partial charge in [-0.25, -0.2) is 18.1 Å². The number of nitro groups is 1. The third-order valence-electron chi connectivity index (χ3n) is 4.02. The molecule has 8 nitrogen and oxygen atoms in total. The van der Waals surface area contributed by atoms with Crippen LogP contribution in [0, 0.1) is 17.0 Å². The van der Waals surface area contributed by atoms with Crippen molar-refractivity contribution >= 4 is 27.3 Å². The van der Waals surface area contributed by atoms with Gasteiger partial charge in [-0.05, 0) is 24.6 Å². The van der Waals surface area contributed by atoms with E-state index in [2.05, 4.69) is 9.71 Å². The molecule has 27 heavy (non-hydrogen) atoms. The number of benzene rings is 2. The van der Waals surface area contributed by atoms with Crippen LogP contribution in [0.15, 0.2) is 60.0 Å². The zero-order valence-electron chi connectivity index (χ0n) is 14.2. The Morgan fingerprint density at radius 1 is 1.30 bits per heavy atom. The molecule has 0 saturated carbocycles. The first-order chi connectivity index (χ1) is 12.8. The van der Waals surface area contributed by atoms with Gasteiger partial charge in [0.2, 0.25) is 10.0 Å². The Labute approximate surface area is 160 Å². The van der Waals surface area contributed by atoms with Gasteiger partial charge in [0.05, 0.1) is 26.9 Å². The molecule has 0 saturated heterocycles. The third-order valence-corrected chi connectivity index (χ3v) is 5.80. The van der Waals surface area contributed by atoms with Crippen molar-refractivity contribution in [3.8, 4) is 5.69 Å². The number of hydrogen-bond donors (Lipinski definition) is 1. The van der Waals surface area contributed by atoms with Crippen molar-refractivity contribution in [1.82, 2.24) is 14.3 Å². The summed E-state index contributed by atoms with van der Waals surface area (Å²) >= 11 is 5.97. The van der Waals surface area contributed by atoms with Crippen LogP contribution in [0.5, 0.6) is 0 Å². The van der Waals surface area contributed by atoms with Crippen molar-refractivity contribution < 1.29 is 13.3 Å². The van der Waals surface area contributed by atoms with Gasteiger partial charge in [0.25, 0.3) is 5.69 Å². The summed E-state index contributed by atoms with van der Waals surface area (Å²) in [6, 6.07) is 9.44. The number of nitrogens with zero attached hydrogens (tertiary/aromatic N) is 3. The van der Waals surface area contributed by atoms with Crippen LogP contribution in [0.4, 0.5) is 5.69 Å². The molecule has 0 fully saturated rings. The average molecular weight is 407 g/mol. The first-order valence-corrected chi connectivity index (χ1v) is 9.66. The van der Waals surface area contributed by atoms with Crippen molar-refractivity contribution in [2.24, 2.45) is 0 Å². The summed E-state index contributed by atoms with van der Waals surface area (Å²) in [5.41, 5.74) is 1.35. The van der Waals surface area contributed by atoms with Crippen molar-refractivity contribution in [1.29, 1.82) is 0 Å². The van der Waals surface area contributed by atoms with Gasteiger partial charge in [-0.2, -0.15) is 0 Å². The Morgan fingerprint density at radius 3 is 2.70 bits per heavy atom. The van der Waals surface area contributed by atoms with Crippen LogP contribution in [0.3, 0.4) is 0 Å². The van der Waals surface area contributed by atoms with Crippen molar-refractivity contribution in [3.63, 3.8) is 0 Å². The van der Waals surface area contributed by atoms with Crippen molar-refractivity contribution in [2.75, 3.05) is 0 Å². The van der Waals surface area contributed by atoms with E-state index in [9.17, 15) is 18.5 Å². The third kappa shape index (κ3) is 4.00. The molecule has 0 unspecified atom stereocenters. The zero-order chi connectivity index (χ0) is 19.6. The highest BCUT2D eigenvalue weighted by Crippen LogP contribution is 2.29. The molecule has 3 rings (SSSR count). The molecule has 1 N–H and O–H groups in total. The lowest BCUT2D eigenvalue weighted by Gasteiger charge is -2.12. The van der Waals surface area contributed by atoms with Gasteiger partial charge in [0.1, 0.15) is 0 Å². The van der Waals surface area contributed by atoms with Crippen LogP contribution in [0.25, 0.3) is 5.69 Å². The van der Waals surface area contributed by atoms with Gasteiger partial charge in [0, 0.05) is 30.6 Å². The van der Waals surface area contributed by atoms with Gasteiger partial charge in [0.15, 0.2) is 0 Å². The lowest BCUT2D eigenvalue weighted by Crippen LogP contribution is -2.24. The molecule has 10 heteroatoms. The van der Waals surface area contributed by atoms with E-state index in [4.69, 9.17) is 11.6 Å². The second-order valence-electron chi connectivity index (χ2n) is 5.73. The van der Waals surface area contributed by atoms with E-state index in [1.54, 1.807) is 35.4 Å². The van der Waals surface area contributed by atoms with Crippen molar-refractivity contribution in [3.05, 3.63) is 81.4 Å². The Morgan fingerprint density at radius 2 is 2.04 bits per heavy atom. The second kappa shape index (κ2) is 7.47. The number of nitro benzene ring substituents is 1. The maximum absolute atomic E-state index is 12.6. The Kier molecular flexibility index (Phi) is 5.26. The standard InChI is InChI=1S/C17H15ClN4O4S/c1-12-15(18)8-14(9-17(12)22(23)24)27(25,26)20-10-13-4-2-3-5-16(13)21-7-6-19-11-21/h2-9,11,20H,10H2,1H3. The quantitative estimate of drug-likeness (QED) is 0.499. The van der Waals surface area contributed by atoms with E-state index in [1.165, 1.54) is 13.0 Å². The fourth-order valence-corrected chi connectivity index (χ4v) is 3.89. The van der Waals surface area contributed by atoms with Crippen LogP contribution < -0.4 is 4.72 Å². The van der Waals surface area contributed by atoms with Crippen LogP contribution in [0.2, 0.25) is 5.02 Å². The van der Waals surface area contributed by atoms with Gasteiger partial charge in [-0.3, -0.25) is 10.1 Å². The van der Waals surface area contributed by atoms with Gasteiger partial charge >= 0.3 is 0 Å². The summed E-state index contributed by atoms with van der Waals surface area (Å²) in [4.78, 5) is 14.2. The smallest absolute Gasteiger partial charge is 0.275 e. The van der Waals surface area contributed by atoms with E-state index >= 15 is 0 Å². The fraction of sp³-hybridized carbons (Fsp3) is 0.118. The van der Waals surface area contributed by atoms with Gasteiger partial charge in [-0.15, -0.1) is 0 Å². The molecule has 140 valence electrons. The minimum Gasteiger partial charge on any atom is -0.306 e. The zero-order valence-corrected chi connectivity index (χ0v) is 15.7. The highest BCUT2D eigenvalue weighted by molar-refractivity contribution is 7.89. The molecule has 0 spiro atoms. The number of rotatable bonds is 6. The normalized spacial score (nSPS) is 11.5. The Hall–Kier alpha value is -2.75. The van der Waals surface area contributed by atoms with Crippen molar-refractivity contribution in [2.45, 2.75) is 18.4 Å². The van der Waals surface area contributed by atoms with E-state index in [1.807, 2.05) is 12.1 Å². The number of hydrogen-bond acceptors (Lipinski definition) is 5. The fourth-order valence-electron chi connectivity index (χ4n) is 2.55. The molecule has 0 atom stereocenters. The molecular formula is C17H15ClN4O4S. The van der Waals surface area contributed by atoms with E-state index < -0.39 is 14.9 Å². The van der Waals surface area contributed by atoms with Gasteiger partial charge < -0.3 is 4.57 Å². The number of nitrogens with one attached hydrogen (secondary N) is 1. The molecule has 0 bridgehead atoms. The first kappa shape index (κ1) is 19.0. The second-order valence-corrected chi connectivity index (χ2v) is 7.90. The maximum atomic E-state index is 12.6.